The van der Waals surface area contributed by atoms with Crippen molar-refractivity contribution in [1.82, 2.24) is 0 Å². The van der Waals surface area contributed by atoms with Crippen LogP contribution in [0.4, 0.5) is 0 Å². The highest BCUT2D eigenvalue weighted by Gasteiger charge is 1.83. The lowest BCUT2D eigenvalue weighted by Crippen LogP contribution is -1.83. The van der Waals surface area contributed by atoms with Crippen molar-refractivity contribution in [3.05, 3.63) is 23.8 Å². The summed E-state index contributed by atoms with van der Waals surface area (Å²) in [7, 11) is 1.63. The van der Waals surface area contributed by atoms with Crippen LogP contribution in [-0.2, 0) is 4.79 Å². The van der Waals surface area contributed by atoms with Gasteiger partial charge in [-0.2, -0.15) is 0 Å². The Kier molecular flexibility index (Phi) is 5.25. The molecule has 0 radical (unpaired) electrons. The average molecular weight is 137 g/mol. The van der Waals surface area contributed by atoms with Gasteiger partial charge in [0.25, 0.3) is 0 Å². The Morgan fingerprint density at radius 2 is 2.20 bits per heavy atom. The smallest absolute Gasteiger partial charge is 0.151 e. The standard InChI is InChI=1S/C8H11NO/c1-3-4-5-8(7-10)6-9-2/h3-7H,1-2H3/b4-3-,8-5+,9-6?. The van der Waals surface area contributed by atoms with Crippen LogP contribution < -0.4 is 0 Å². The fourth-order valence-electron chi connectivity index (χ4n) is 0.469. The first-order valence-electron chi connectivity index (χ1n) is 3.05. The van der Waals surface area contributed by atoms with Crippen LogP contribution in [-0.4, -0.2) is 19.5 Å². The second-order valence-corrected chi connectivity index (χ2v) is 1.70. The molecule has 0 saturated heterocycles. The molecule has 0 aliphatic heterocycles. The van der Waals surface area contributed by atoms with E-state index in [0.717, 1.165) is 6.29 Å². The summed E-state index contributed by atoms with van der Waals surface area (Å²) < 4.78 is 0. The second kappa shape index (κ2) is 5.95. The fraction of sp³-hybridized carbons (Fsp3) is 0.250. The molecule has 0 rings (SSSR count). The van der Waals surface area contributed by atoms with E-state index in [4.69, 9.17) is 0 Å². The molecule has 10 heavy (non-hydrogen) atoms. The van der Waals surface area contributed by atoms with Gasteiger partial charge in [0.15, 0.2) is 6.29 Å². The molecular formula is C8H11NO. The SMILES string of the molecule is C/C=C\C=C(\C=O)C=NC. The normalized spacial score (nSPS) is 13.2. The topological polar surface area (TPSA) is 29.4 Å². The lowest BCUT2D eigenvalue weighted by atomic mass is 10.3. The highest BCUT2D eigenvalue weighted by atomic mass is 16.1. The highest BCUT2D eigenvalue weighted by molar-refractivity contribution is 6.01. The molecule has 0 bridgehead atoms. The van der Waals surface area contributed by atoms with Crippen LogP contribution >= 0.6 is 0 Å². The molecule has 0 aromatic rings. The van der Waals surface area contributed by atoms with Gasteiger partial charge in [-0.1, -0.05) is 18.2 Å². The molecule has 54 valence electrons. The molecular weight excluding hydrogens is 126 g/mol. The summed E-state index contributed by atoms with van der Waals surface area (Å²) in [5.74, 6) is 0. The number of nitrogens with zero attached hydrogens (tertiary/aromatic N) is 1. The first kappa shape index (κ1) is 8.82. The van der Waals surface area contributed by atoms with E-state index in [0.29, 0.717) is 5.57 Å². The van der Waals surface area contributed by atoms with Crippen molar-refractivity contribution in [2.45, 2.75) is 6.92 Å². The van der Waals surface area contributed by atoms with E-state index in [2.05, 4.69) is 4.99 Å². The van der Waals surface area contributed by atoms with E-state index in [1.165, 1.54) is 6.21 Å². The molecule has 0 aromatic carbocycles. The van der Waals surface area contributed by atoms with Gasteiger partial charge >= 0.3 is 0 Å². The number of aliphatic imine (C=N–C) groups is 1. The third-order valence-electron chi connectivity index (χ3n) is 0.895. The second-order valence-electron chi connectivity index (χ2n) is 1.70. The summed E-state index contributed by atoms with van der Waals surface area (Å²) in [6.45, 7) is 1.89. The third-order valence-corrected chi connectivity index (χ3v) is 0.895. The Morgan fingerprint density at radius 1 is 1.50 bits per heavy atom. The molecule has 0 aliphatic carbocycles. The number of carbonyl (C=O) groups is 1. The summed E-state index contributed by atoms with van der Waals surface area (Å²) in [6, 6.07) is 0. The van der Waals surface area contributed by atoms with E-state index in [-0.39, 0.29) is 0 Å². The van der Waals surface area contributed by atoms with E-state index in [1.807, 2.05) is 13.0 Å². The molecule has 0 amide bonds. The Hall–Kier alpha value is -1.18. The largest absolute Gasteiger partial charge is 0.298 e. The fourth-order valence-corrected chi connectivity index (χ4v) is 0.469. The van der Waals surface area contributed by atoms with E-state index < -0.39 is 0 Å². The van der Waals surface area contributed by atoms with Crippen LogP contribution in [0.5, 0.6) is 0 Å². The first-order chi connectivity index (χ1) is 4.85. The van der Waals surface area contributed by atoms with Gasteiger partial charge in [0.1, 0.15) is 0 Å². The number of hydrogen-bond acceptors (Lipinski definition) is 2. The Labute approximate surface area is 61.0 Å². The van der Waals surface area contributed by atoms with Gasteiger partial charge in [0.2, 0.25) is 0 Å². The maximum atomic E-state index is 10.2. The first-order valence-corrected chi connectivity index (χ1v) is 3.05. The van der Waals surface area contributed by atoms with Crippen molar-refractivity contribution < 1.29 is 4.79 Å². The van der Waals surface area contributed by atoms with Crippen molar-refractivity contribution in [3.8, 4) is 0 Å². The van der Waals surface area contributed by atoms with Crippen LogP contribution in [0, 0.1) is 0 Å². The zero-order valence-electron chi connectivity index (χ0n) is 6.24. The molecule has 2 nitrogen and oxygen atoms in total. The molecule has 0 fully saturated rings. The summed E-state index contributed by atoms with van der Waals surface area (Å²) in [4.78, 5) is 13.9. The van der Waals surface area contributed by atoms with Crippen molar-refractivity contribution >= 4 is 12.5 Å². The van der Waals surface area contributed by atoms with Gasteiger partial charge in [-0.3, -0.25) is 9.79 Å². The Morgan fingerprint density at radius 3 is 2.60 bits per heavy atom. The average Bonchev–Trinajstić information content (AvgIpc) is 1.98. The lowest BCUT2D eigenvalue weighted by Gasteiger charge is -1.82. The zero-order valence-corrected chi connectivity index (χ0v) is 6.24. The van der Waals surface area contributed by atoms with Crippen LogP contribution in [0.25, 0.3) is 0 Å². The molecule has 0 saturated carbocycles. The molecule has 0 atom stereocenters. The zero-order chi connectivity index (χ0) is 7.82. The third kappa shape index (κ3) is 3.78. The summed E-state index contributed by atoms with van der Waals surface area (Å²) >= 11 is 0. The molecule has 0 N–H and O–H groups in total. The van der Waals surface area contributed by atoms with E-state index >= 15 is 0 Å². The van der Waals surface area contributed by atoms with Gasteiger partial charge in [-0.15, -0.1) is 0 Å². The van der Waals surface area contributed by atoms with Crippen LogP contribution in [0.2, 0.25) is 0 Å². The summed E-state index contributed by atoms with van der Waals surface area (Å²) in [6.07, 6.45) is 7.65. The van der Waals surface area contributed by atoms with Crippen molar-refractivity contribution in [2.75, 3.05) is 7.05 Å². The van der Waals surface area contributed by atoms with Crippen LogP contribution in [0.1, 0.15) is 6.92 Å². The molecule has 2 heteroatoms. The molecule has 0 unspecified atom stereocenters. The highest BCUT2D eigenvalue weighted by Crippen LogP contribution is 1.85. The molecule has 0 heterocycles. The Balaban J connectivity index is 4.17. The van der Waals surface area contributed by atoms with Gasteiger partial charge in [-0.25, -0.2) is 0 Å². The minimum atomic E-state index is 0.584. The van der Waals surface area contributed by atoms with E-state index in [9.17, 15) is 4.79 Å². The molecule has 0 spiro atoms. The number of aldehydes is 1. The summed E-state index contributed by atoms with van der Waals surface area (Å²) in [5.41, 5.74) is 0.584. The van der Waals surface area contributed by atoms with Crippen LogP contribution in [0.15, 0.2) is 28.8 Å². The molecule has 0 aromatic heterocycles. The van der Waals surface area contributed by atoms with Crippen molar-refractivity contribution in [2.24, 2.45) is 4.99 Å². The maximum Gasteiger partial charge on any atom is 0.151 e. The summed E-state index contributed by atoms with van der Waals surface area (Å²) in [5, 5.41) is 0. The lowest BCUT2D eigenvalue weighted by molar-refractivity contribution is -0.104. The van der Waals surface area contributed by atoms with Crippen LogP contribution in [0.3, 0.4) is 0 Å². The predicted octanol–water partition coefficient (Wildman–Crippen LogP) is 1.39. The number of carbonyl (C=O) groups excluding carboxylic acids is 1. The number of rotatable bonds is 3. The monoisotopic (exact) mass is 137 g/mol. The van der Waals surface area contributed by atoms with Gasteiger partial charge in [0.05, 0.1) is 0 Å². The molecule has 0 aliphatic rings. The maximum absolute atomic E-state index is 10.2. The quantitative estimate of drug-likeness (QED) is 0.250. The van der Waals surface area contributed by atoms with Gasteiger partial charge < -0.3 is 0 Å². The van der Waals surface area contributed by atoms with Crippen molar-refractivity contribution in [1.29, 1.82) is 0 Å². The number of allylic oxidation sites excluding steroid dienone is 4. The predicted molar refractivity (Wildman–Crippen MR) is 43.4 cm³/mol. The van der Waals surface area contributed by atoms with Gasteiger partial charge in [-0.05, 0) is 6.92 Å². The van der Waals surface area contributed by atoms with E-state index in [1.54, 1.807) is 19.2 Å². The minimum Gasteiger partial charge on any atom is -0.298 e. The van der Waals surface area contributed by atoms with Gasteiger partial charge in [0, 0.05) is 18.8 Å². The van der Waals surface area contributed by atoms with Crippen molar-refractivity contribution in [3.63, 3.8) is 0 Å². The minimum absolute atomic E-state index is 0.584. The number of hydrogen-bond donors (Lipinski definition) is 0. The Bertz CT molecular complexity index is 178.